The maximum atomic E-state index is 13.7. The molecule has 3 aromatic carbocycles. The van der Waals surface area contributed by atoms with Gasteiger partial charge in [-0.15, -0.1) is 0 Å². The molecule has 5 heteroatoms. The lowest BCUT2D eigenvalue weighted by atomic mass is 10.0. The van der Waals surface area contributed by atoms with E-state index in [1.165, 1.54) is 0 Å². The fourth-order valence-corrected chi connectivity index (χ4v) is 4.01. The van der Waals surface area contributed by atoms with Crippen molar-refractivity contribution in [2.75, 3.05) is 0 Å². The Bertz CT molecular complexity index is 1080. The summed E-state index contributed by atoms with van der Waals surface area (Å²) in [5, 5.41) is 3.73. The fraction of sp³-hybridized carbons (Fsp3) is 0.310. The van der Waals surface area contributed by atoms with E-state index in [2.05, 4.69) is 11.4 Å². The Hall–Kier alpha value is -3.11. The number of hydrogen-bond donors (Lipinski definition) is 1. The van der Waals surface area contributed by atoms with Crippen molar-refractivity contribution < 1.29 is 9.59 Å². The normalized spacial score (nSPS) is 12.6. The lowest BCUT2D eigenvalue weighted by molar-refractivity contribution is -0.141. The Morgan fingerprint density at radius 1 is 0.912 bits per heavy atom. The summed E-state index contributed by atoms with van der Waals surface area (Å²) in [5.74, 6) is -0.223. The largest absolute Gasteiger partial charge is 0.352 e. The maximum Gasteiger partial charge on any atom is 0.243 e. The number of amides is 2. The topological polar surface area (TPSA) is 49.4 Å². The molecule has 0 saturated carbocycles. The van der Waals surface area contributed by atoms with Gasteiger partial charge in [0.15, 0.2) is 0 Å². The molecule has 0 fully saturated rings. The molecule has 0 aromatic heterocycles. The molecule has 1 N–H and O–H groups in total. The highest BCUT2D eigenvalue weighted by atomic mass is 35.5. The lowest BCUT2D eigenvalue weighted by Gasteiger charge is -2.32. The highest BCUT2D eigenvalue weighted by Crippen LogP contribution is 2.18. The fourth-order valence-electron chi connectivity index (χ4n) is 3.88. The van der Waals surface area contributed by atoms with E-state index in [1.54, 1.807) is 17.0 Å². The van der Waals surface area contributed by atoms with Gasteiger partial charge in [0.1, 0.15) is 6.04 Å². The average Bonchev–Trinajstić information content (AvgIpc) is 2.83. The quantitative estimate of drug-likeness (QED) is 0.405. The van der Waals surface area contributed by atoms with Gasteiger partial charge in [-0.25, -0.2) is 0 Å². The van der Waals surface area contributed by atoms with Crippen LogP contribution >= 0.6 is 11.6 Å². The molecule has 3 aromatic rings. The van der Waals surface area contributed by atoms with Crippen LogP contribution in [0.3, 0.4) is 0 Å². The second-order valence-electron chi connectivity index (χ2n) is 8.84. The molecule has 0 unspecified atom stereocenters. The number of nitrogens with zero attached hydrogens (tertiary/aromatic N) is 1. The van der Waals surface area contributed by atoms with Crippen LogP contribution in [0.25, 0.3) is 0 Å². The van der Waals surface area contributed by atoms with Crippen molar-refractivity contribution in [1.82, 2.24) is 10.2 Å². The summed E-state index contributed by atoms with van der Waals surface area (Å²) in [6, 6.07) is 24.6. The summed E-state index contributed by atoms with van der Waals surface area (Å²) in [7, 11) is 0. The van der Waals surface area contributed by atoms with Gasteiger partial charge in [-0.05, 0) is 49.1 Å². The zero-order chi connectivity index (χ0) is 24.5. The minimum Gasteiger partial charge on any atom is -0.352 e. The average molecular weight is 477 g/mol. The predicted octanol–water partition coefficient (Wildman–Crippen LogP) is 5.75. The van der Waals surface area contributed by atoms with Crippen LogP contribution in [-0.4, -0.2) is 28.8 Å². The van der Waals surface area contributed by atoms with E-state index in [4.69, 9.17) is 11.6 Å². The number of nitrogens with one attached hydrogen (secondary N) is 1. The van der Waals surface area contributed by atoms with Crippen LogP contribution in [0.2, 0.25) is 5.02 Å². The van der Waals surface area contributed by atoms with Crippen LogP contribution in [0.15, 0.2) is 78.9 Å². The van der Waals surface area contributed by atoms with Crippen molar-refractivity contribution in [2.24, 2.45) is 0 Å². The second-order valence-corrected chi connectivity index (χ2v) is 9.27. The van der Waals surface area contributed by atoms with Crippen LogP contribution < -0.4 is 5.32 Å². The third-order valence-electron chi connectivity index (χ3n) is 5.98. The monoisotopic (exact) mass is 476 g/mol. The van der Waals surface area contributed by atoms with Crippen molar-refractivity contribution in [3.05, 3.63) is 106 Å². The molecule has 0 bridgehead atoms. The minimum atomic E-state index is -0.628. The van der Waals surface area contributed by atoms with Crippen molar-refractivity contribution in [1.29, 1.82) is 0 Å². The number of aryl methyl sites for hydroxylation is 1. The molecule has 0 radical (unpaired) electrons. The third kappa shape index (κ3) is 7.46. The van der Waals surface area contributed by atoms with Gasteiger partial charge in [0.25, 0.3) is 0 Å². The molecule has 3 rings (SSSR count). The zero-order valence-corrected chi connectivity index (χ0v) is 20.9. The van der Waals surface area contributed by atoms with E-state index in [1.807, 2.05) is 81.4 Å². The first-order valence-electron chi connectivity index (χ1n) is 11.8. The molecule has 0 aliphatic rings. The second kappa shape index (κ2) is 12.4. The summed E-state index contributed by atoms with van der Waals surface area (Å²) in [6.07, 6.45) is 1.46. The standard InChI is InChI=1S/C29H33ClN2O2/c1-4-22(3)31-29(34)27(18-23-10-6-5-7-11-23)32(20-25-12-8-9-21(2)17-25)28(33)19-24-13-15-26(30)16-14-24/h5-17,22,27H,4,18-20H2,1-3H3,(H,31,34)/t22-,27+/m0/s1. The molecule has 4 nitrogen and oxygen atoms in total. The summed E-state index contributed by atoms with van der Waals surface area (Å²) >= 11 is 6.03. The van der Waals surface area contributed by atoms with Crippen LogP contribution in [0.1, 0.15) is 42.5 Å². The number of hydrogen-bond acceptors (Lipinski definition) is 2. The van der Waals surface area contributed by atoms with Gasteiger partial charge in [0, 0.05) is 24.0 Å². The van der Waals surface area contributed by atoms with Gasteiger partial charge in [-0.3, -0.25) is 9.59 Å². The van der Waals surface area contributed by atoms with Gasteiger partial charge < -0.3 is 10.2 Å². The molecular weight excluding hydrogens is 444 g/mol. The maximum absolute atomic E-state index is 13.7. The van der Waals surface area contributed by atoms with Crippen molar-refractivity contribution in [2.45, 2.75) is 58.7 Å². The molecular formula is C29H33ClN2O2. The van der Waals surface area contributed by atoms with E-state index < -0.39 is 6.04 Å². The Labute approximate surface area is 207 Å². The highest BCUT2D eigenvalue weighted by molar-refractivity contribution is 6.30. The molecule has 0 aliphatic carbocycles. The highest BCUT2D eigenvalue weighted by Gasteiger charge is 2.31. The molecule has 2 atom stereocenters. The Balaban J connectivity index is 1.96. The van der Waals surface area contributed by atoms with Gasteiger partial charge >= 0.3 is 0 Å². The van der Waals surface area contributed by atoms with E-state index in [-0.39, 0.29) is 24.3 Å². The Kier molecular flexibility index (Phi) is 9.29. The lowest BCUT2D eigenvalue weighted by Crippen LogP contribution is -2.52. The number of carbonyl (C=O) groups excluding carboxylic acids is 2. The molecule has 0 heterocycles. The zero-order valence-electron chi connectivity index (χ0n) is 20.1. The predicted molar refractivity (Wildman–Crippen MR) is 139 cm³/mol. The molecule has 34 heavy (non-hydrogen) atoms. The molecule has 0 aliphatic heterocycles. The van der Waals surface area contributed by atoms with E-state index in [0.29, 0.717) is 18.0 Å². The first-order chi connectivity index (χ1) is 16.4. The molecule has 178 valence electrons. The van der Waals surface area contributed by atoms with E-state index in [9.17, 15) is 9.59 Å². The van der Waals surface area contributed by atoms with Gasteiger partial charge in [0.2, 0.25) is 11.8 Å². The van der Waals surface area contributed by atoms with E-state index >= 15 is 0 Å². The third-order valence-corrected chi connectivity index (χ3v) is 6.23. The van der Waals surface area contributed by atoms with Crippen LogP contribution in [0.4, 0.5) is 0 Å². The molecule has 0 spiro atoms. The SMILES string of the molecule is CC[C@H](C)NC(=O)[C@@H](Cc1ccccc1)N(Cc1cccc(C)c1)C(=O)Cc1ccc(Cl)cc1. The Morgan fingerprint density at radius 3 is 2.24 bits per heavy atom. The van der Waals surface area contributed by atoms with Crippen LogP contribution in [0.5, 0.6) is 0 Å². The van der Waals surface area contributed by atoms with Crippen molar-refractivity contribution >= 4 is 23.4 Å². The minimum absolute atomic E-state index is 0.0259. The van der Waals surface area contributed by atoms with Gasteiger partial charge in [-0.1, -0.05) is 90.8 Å². The summed E-state index contributed by atoms with van der Waals surface area (Å²) in [4.78, 5) is 28.9. The van der Waals surface area contributed by atoms with Crippen LogP contribution in [-0.2, 0) is 29.0 Å². The summed E-state index contributed by atoms with van der Waals surface area (Å²) < 4.78 is 0. The number of rotatable bonds is 10. The summed E-state index contributed by atoms with van der Waals surface area (Å²) in [5.41, 5.74) is 4.00. The molecule has 0 saturated heterocycles. The van der Waals surface area contributed by atoms with Crippen molar-refractivity contribution in [3.8, 4) is 0 Å². The molecule has 2 amide bonds. The van der Waals surface area contributed by atoms with Gasteiger partial charge in [-0.2, -0.15) is 0 Å². The van der Waals surface area contributed by atoms with Crippen molar-refractivity contribution in [3.63, 3.8) is 0 Å². The number of halogens is 1. The van der Waals surface area contributed by atoms with Gasteiger partial charge in [0.05, 0.1) is 6.42 Å². The summed E-state index contributed by atoms with van der Waals surface area (Å²) in [6.45, 7) is 6.41. The first kappa shape index (κ1) is 25.5. The first-order valence-corrected chi connectivity index (χ1v) is 12.2. The number of carbonyl (C=O) groups is 2. The Morgan fingerprint density at radius 2 is 1.59 bits per heavy atom. The smallest absolute Gasteiger partial charge is 0.243 e. The van der Waals surface area contributed by atoms with Crippen LogP contribution in [0, 0.1) is 6.92 Å². The number of benzene rings is 3. The van der Waals surface area contributed by atoms with E-state index in [0.717, 1.165) is 28.7 Å².